The van der Waals surface area contributed by atoms with Gasteiger partial charge in [0, 0.05) is 43.0 Å². The molecular formula is C19H21N3O3. The maximum Gasteiger partial charge on any atom is 0.290 e. The van der Waals surface area contributed by atoms with Gasteiger partial charge in [-0.05, 0) is 48.9 Å². The van der Waals surface area contributed by atoms with Crippen LogP contribution >= 0.6 is 0 Å². The zero-order chi connectivity index (χ0) is 17.2. The summed E-state index contributed by atoms with van der Waals surface area (Å²) in [6, 6.07) is 9.96. The van der Waals surface area contributed by atoms with E-state index in [0.29, 0.717) is 12.5 Å². The van der Waals surface area contributed by atoms with Crippen molar-refractivity contribution in [2.45, 2.75) is 32.2 Å². The first kappa shape index (κ1) is 15.9. The number of ether oxygens (including phenoxy) is 1. The second-order valence-electron chi connectivity index (χ2n) is 6.56. The van der Waals surface area contributed by atoms with Crippen molar-refractivity contribution in [3.63, 3.8) is 0 Å². The van der Waals surface area contributed by atoms with Crippen molar-refractivity contribution in [3.8, 4) is 0 Å². The lowest BCUT2D eigenvalue weighted by molar-refractivity contribution is 0.0835. The van der Waals surface area contributed by atoms with Crippen LogP contribution in [0.2, 0.25) is 0 Å². The Hall–Kier alpha value is -2.60. The molecule has 0 bridgehead atoms. The van der Waals surface area contributed by atoms with Crippen molar-refractivity contribution < 1.29 is 14.1 Å². The molecule has 1 fully saturated rings. The number of rotatable bonds is 4. The number of hydrogen-bond donors (Lipinski definition) is 2. The number of H-pyrrole nitrogens is 1. The Kier molecular flexibility index (Phi) is 4.28. The summed E-state index contributed by atoms with van der Waals surface area (Å²) in [6.45, 7) is 3.95. The summed E-state index contributed by atoms with van der Waals surface area (Å²) in [4.78, 5) is 15.6. The number of carbonyl (C=O) groups is 1. The fraction of sp³-hybridized carbons (Fsp3) is 0.368. The predicted molar refractivity (Wildman–Crippen MR) is 93.5 cm³/mol. The second kappa shape index (κ2) is 6.72. The van der Waals surface area contributed by atoms with E-state index < -0.39 is 0 Å². The standard InChI is InChI=1S/C19H21N3O3/c1-12-8-15-9-13(2-3-16(15)21-12)11-20-19(23)18-10-17(22-25-18)14-4-6-24-7-5-14/h2-3,8-10,14,21H,4-7,11H2,1H3,(H,20,23). The predicted octanol–water partition coefficient (Wildman–Crippen LogP) is 3.29. The molecule has 0 atom stereocenters. The van der Waals surface area contributed by atoms with Crippen LogP contribution in [0, 0.1) is 6.92 Å². The minimum atomic E-state index is -0.240. The maximum atomic E-state index is 12.3. The minimum Gasteiger partial charge on any atom is -0.381 e. The van der Waals surface area contributed by atoms with Gasteiger partial charge >= 0.3 is 0 Å². The second-order valence-corrected chi connectivity index (χ2v) is 6.56. The van der Waals surface area contributed by atoms with Gasteiger partial charge in [0.15, 0.2) is 0 Å². The summed E-state index contributed by atoms with van der Waals surface area (Å²) in [6.07, 6.45) is 1.84. The summed E-state index contributed by atoms with van der Waals surface area (Å²) in [5, 5.41) is 8.10. The zero-order valence-electron chi connectivity index (χ0n) is 14.2. The molecule has 0 aliphatic carbocycles. The number of aromatic amines is 1. The van der Waals surface area contributed by atoms with Gasteiger partial charge in [0.05, 0.1) is 5.69 Å². The molecule has 1 aromatic carbocycles. The van der Waals surface area contributed by atoms with Crippen molar-refractivity contribution in [1.29, 1.82) is 0 Å². The fourth-order valence-corrected chi connectivity index (χ4v) is 3.29. The van der Waals surface area contributed by atoms with Gasteiger partial charge in [0.1, 0.15) is 0 Å². The van der Waals surface area contributed by atoms with E-state index >= 15 is 0 Å². The molecule has 6 nitrogen and oxygen atoms in total. The van der Waals surface area contributed by atoms with Crippen molar-refractivity contribution >= 4 is 16.8 Å². The largest absolute Gasteiger partial charge is 0.381 e. The molecule has 3 aromatic rings. The summed E-state index contributed by atoms with van der Waals surface area (Å²) in [5.41, 5.74) is 4.11. The summed E-state index contributed by atoms with van der Waals surface area (Å²) in [5.74, 6) is 0.342. The molecule has 2 N–H and O–H groups in total. The van der Waals surface area contributed by atoms with Crippen molar-refractivity contribution in [2.24, 2.45) is 0 Å². The van der Waals surface area contributed by atoms with E-state index in [1.54, 1.807) is 6.07 Å². The number of amides is 1. The van der Waals surface area contributed by atoms with Gasteiger partial charge in [-0.3, -0.25) is 4.79 Å². The van der Waals surface area contributed by atoms with E-state index in [1.165, 1.54) is 0 Å². The Morgan fingerprint density at radius 2 is 2.12 bits per heavy atom. The molecule has 4 rings (SSSR count). The highest BCUT2D eigenvalue weighted by atomic mass is 16.5. The van der Waals surface area contributed by atoms with E-state index in [4.69, 9.17) is 9.26 Å². The quantitative estimate of drug-likeness (QED) is 0.764. The van der Waals surface area contributed by atoms with Gasteiger partial charge in [0.25, 0.3) is 5.91 Å². The molecule has 0 spiro atoms. The van der Waals surface area contributed by atoms with Crippen LogP contribution in [0.1, 0.15) is 46.3 Å². The summed E-state index contributed by atoms with van der Waals surface area (Å²) in [7, 11) is 0. The number of nitrogens with zero attached hydrogens (tertiary/aromatic N) is 1. The lowest BCUT2D eigenvalue weighted by atomic mass is 9.96. The Labute approximate surface area is 145 Å². The van der Waals surface area contributed by atoms with E-state index in [2.05, 4.69) is 27.6 Å². The fourth-order valence-electron chi connectivity index (χ4n) is 3.29. The Balaban J connectivity index is 1.40. The van der Waals surface area contributed by atoms with Crippen LogP contribution in [0.15, 0.2) is 34.9 Å². The molecule has 3 heterocycles. The lowest BCUT2D eigenvalue weighted by Gasteiger charge is -2.19. The normalized spacial score (nSPS) is 15.6. The van der Waals surface area contributed by atoms with Gasteiger partial charge < -0.3 is 19.6 Å². The van der Waals surface area contributed by atoms with Gasteiger partial charge in [-0.25, -0.2) is 0 Å². The molecule has 25 heavy (non-hydrogen) atoms. The molecule has 1 amide bonds. The van der Waals surface area contributed by atoms with Crippen LogP contribution < -0.4 is 5.32 Å². The van der Waals surface area contributed by atoms with Gasteiger partial charge in [-0.1, -0.05) is 11.2 Å². The monoisotopic (exact) mass is 339 g/mol. The molecule has 0 radical (unpaired) electrons. The van der Waals surface area contributed by atoms with Gasteiger partial charge in [-0.15, -0.1) is 0 Å². The number of aromatic nitrogens is 2. The molecule has 1 aliphatic heterocycles. The third kappa shape index (κ3) is 3.44. The van der Waals surface area contributed by atoms with Crippen LogP contribution in [0.4, 0.5) is 0 Å². The third-order valence-corrected chi connectivity index (χ3v) is 4.66. The Morgan fingerprint density at radius 1 is 1.28 bits per heavy atom. The van der Waals surface area contributed by atoms with E-state index in [0.717, 1.165) is 53.9 Å². The number of benzene rings is 1. The number of carbonyl (C=O) groups excluding carboxylic acids is 1. The molecule has 2 aromatic heterocycles. The van der Waals surface area contributed by atoms with Crippen molar-refractivity contribution in [2.75, 3.05) is 13.2 Å². The Morgan fingerprint density at radius 3 is 2.96 bits per heavy atom. The van der Waals surface area contributed by atoms with Crippen LogP contribution in [-0.2, 0) is 11.3 Å². The van der Waals surface area contributed by atoms with Crippen LogP contribution in [0.5, 0.6) is 0 Å². The average molecular weight is 339 g/mol. The highest BCUT2D eigenvalue weighted by Gasteiger charge is 2.21. The number of aryl methyl sites for hydroxylation is 1. The topological polar surface area (TPSA) is 80.2 Å². The zero-order valence-corrected chi connectivity index (χ0v) is 14.2. The summed E-state index contributed by atoms with van der Waals surface area (Å²) >= 11 is 0. The third-order valence-electron chi connectivity index (χ3n) is 4.66. The van der Waals surface area contributed by atoms with Crippen LogP contribution in [0.25, 0.3) is 10.9 Å². The first-order valence-corrected chi connectivity index (χ1v) is 8.60. The number of fused-ring (bicyclic) bond motifs is 1. The van der Waals surface area contributed by atoms with E-state index in [9.17, 15) is 4.79 Å². The number of hydrogen-bond acceptors (Lipinski definition) is 4. The maximum absolute atomic E-state index is 12.3. The molecular weight excluding hydrogens is 318 g/mol. The van der Waals surface area contributed by atoms with E-state index in [1.807, 2.05) is 19.1 Å². The molecule has 130 valence electrons. The first-order valence-electron chi connectivity index (χ1n) is 8.60. The highest BCUT2D eigenvalue weighted by Crippen LogP contribution is 2.26. The molecule has 6 heteroatoms. The SMILES string of the molecule is Cc1cc2cc(CNC(=O)c3cc(C4CCOCC4)no3)ccc2[nH]1. The molecule has 1 saturated heterocycles. The summed E-state index contributed by atoms with van der Waals surface area (Å²) < 4.78 is 10.6. The average Bonchev–Trinajstić information content (AvgIpc) is 3.26. The molecule has 0 saturated carbocycles. The van der Waals surface area contributed by atoms with Crippen LogP contribution in [0.3, 0.4) is 0 Å². The minimum absolute atomic E-state index is 0.240. The highest BCUT2D eigenvalue weighted by molar-refractivity contribution is 5.91. The first-order chi connectivity index (χ1) is 12.2. The van der Waals surface area contributed by atoms with E-state index in [-0.39, 0.29) is 11.7 Å². The lowest BCUT2D eigenvalue weighted by Crippen LogP contribution is -2.22. The smallest absolute Gasteiger partial charge is 0.290 e. The molecule has 1 aliphatic rings. The number of nitrogens with one attached hydrogen (secondary N) is 2. The van der Waals surface area contributed by atoms with Crippen molar-refractivity contribution in [1.82, 2.24) is 15.5 Å². The van der Waals surface area contributed by atoms with Gasteiger partial charge in [-0.2, -0.15) is 0 Å². The van der Waals surface area contributed by atoms with Gasteiger partial charge in [0.2, 0.25) is 5.76 Å². The molecule has 0 unspecified atom stereocenters. The van der Waals surface area contributed by atoms with Crippen LogP contribution in [-0.4, -0.2) is 29.3 Å². The van der Waals surface area contributed by atoms with Crippen molar-refractivity contribution in [3.05, 3.63) is 53.0 Å². The Bertz CT molecular complexity index is 890.